The maximum atomic E-state index is 12.6. The van der Waals surface area contributed by atoms with Crippen LogP contribution in [0, 0.1) is 0 Å². The first-order valence-corrected chi connectivity index (χ1v) is 19.8. The van der Waals surface area contributed by atoms with E-state index < -0.39 is 6.10 Å². The Morgan fingerprint density at radius 3 is 1.19 bits per heavy atom. The van der Waals surface area contributed by atoms with Crippen LogP contribution in [0.2, 0.25) is 0 Å². The SMILES string of the molecule is CCC/C=C\CCCCCCCC(=O)OC(COC(=O)CCCCCCC/C=C\CCCCC)COC(=O)CCCCCCCCC. The number of esters is 3. The Balaban J connectivity index is 4.36. The molecule has 0 saturated carbocycles. The fourth-order valence-electron chi connectivity index (χ4n) is 5.38. The zero-order valence-electron chi connectivity index (χ0n) is 31.0. The predicted molar refractivity (Wildman–Crippen MR) is 196 cm³/mol. The summed E-state index contributed by atoms with van der Waals surface area (Å²) in [4.78, 5) is 37.3. The average molecular weight is 663 g/mol. The van der Waals surface area contributed by atoms with E-state index >= 15 is 0 Å². The Bertz CT molecular complexity index is 774. The maximum Gasteiger partial charge on any atom is 0.306 e. The number of allylic oxidation sites excluding steroid dienone is 4. The van der Waals surface area contributed by atoms with Crippen LogP contribution in [0.3, 0.4) is 0 Å². The average Bonchev–Trinajstić information content (AvgIpc) is 3.06. The van der Waals surface area contributed by atoms with E-state index in [2.05, 4.69) is 45.1 Å². The van der Waals surface area contributed by atoms with Gasteiger partial charge in [0, 0.05) is 19.3 Å². The molecule has 0 N–H and O–H groups in total. The summed E-state index contributed by atoms with van der Waals surface area (Å²) in [7, 11) is 0. The molecule has 274 valence electrons. The molecule has 0 aliphatic carbocycles. The van der Waals surface area contributed by atoms with Crippen molar-refractivity contribution in [3.8, 4) is 0 Å². The summed E-state index contributed by atoms with van der Waals surface area (Å²) in [5, 5.41) is 0. The lowest BCUT2D eigenvalue weighted by Crippen LogP contribution is -2.30. The maximum absolute atomic E-state index is 12.6. The summed E-state index contributed by atoms with van der Waals surface area (Å²) >= 11 is 0. The zero-order valence-corrected chi connectivity index (χ0v) is 31.0. The minimum atomic E-state index is -0.769. The molecule has 0 amide bonds. The molecule has 6 heteroatoms. The topological polar surface area (TPSA) is 78.9 Å². The number of carbonyl (C=O) groups is 3. The van der Waals surface area contributed by atoms with Crippen LogP contribution in [0.15, 0.2) is 24.3 Å². The first-order valence-electron chi connectivity index (χ1n) is 19.8. The lowest BCUT2D eigenvalue weighted by atomic mass is 10.1. The van der Waals surface area contributed by atoms with Crippen LogP contribution in [-0.2, 0) is 28.6 Å². The highest BCUT2D eigenvalue weighted by Crippen LogP contribution is 2.13. The number of carbonyl (C=O) groups excluding carboxylic acids is 3. The van der Waals surface area contributed by atoms with E-state index in [9.17, 15) is 14.4 Å². The van der Waals surface area contributed by atoms with E-state index in [1.807, 2.05) is 0 Å². The third-order valence-electron chi connectivity index (χ3n) is 8.41. The summed E-state index contributed by atoms with van der Waals surface area (Å²) in [6, 6.07) is 0. The zero-order chi connectivity index (χ0) is 34.5. The van der Waals surface area contributed by atoms with Crippen molar-refractivity contribution >= 4 is 17.9 Å². The van der Waals surface area contributed by atoms with Crippen molar-refractivity contribution in [2.24, 2.45) is 0 Å². The van der Waals surface area contributed by atoms with Gasteiger partial charge in [-0.05, 0) is 64.2 Å². The standard InChI is InChI=1S/C41H74O6/c1-4-7-10-13-16-18-20-21-23-25-28-31-34-40(43)46-37-38(36-45-39(42)33-30-27-24-15-12-9-6-3)47-41(44)35-32-29-26-22-19-17-14-11-8-5-2/h11,14,16,18,38H,4-10,12-13,15,17,19-37H2,1-3H3/b14-11-,18-16-. The van der Waals surface area contributed by atoms with E-state index in [1.165, 1.54) is 77.0 Å². The molecule has 0 aliphatic rings. The monoisotopic (exact) mass is 663 g/mol. The quantitative estimate of drug-likeness (QED) is 0.0291. The molecule has 0 aliphatic heterocycles. The number of unbranched alkanes of at least 4 members (excludes halogenated alkanes) is 20. The molecular formula is C41H74O6. The molecule has 1 atom stereocenters. The molecule has 0 aromatic heterocycles. The smallest absolute Gasteiger partial charge is 0.306 e. The van der Waals surface area contributed by atoms with E-state index in [4.69, 9.17) is 14.2 Å². The van der Waals surface area contributed by atoms with Gasteiger partial charge >= 0.3 is 17.9 Å². The fourth-order valence-corrected chi connectivity index (χ4v) is 5.38. The van der Waals surface area contributed by atoms with Crippen LogP contribution in [0.25, 0.3) is 0 Å². The van der Waals surface area contributed by atoms with E-state index in [0.717, 1.165) is 83.5 Å². The molecule has 47 heavy (non-hydrogen) atoms. The summed E-state index contributed by atoms with van der Waals surface area (Å²) < 4.78 is 16.5. The van der Waals surface area contributed by atoms with Gasteiger partial charge < -0.3 is 14.2 Å². The van der Waals surface area contributed by atoms with Crippen molar-refractivity contribution in [3.63, 3.8) is 0 Å². The van der Waals surface area contributed by atoms with Crippen LogP contribution in [0.4, 0.5) is 0 Å². The minimum absolute atomic E-state index is 0.0764. The first-order chi connectivity index (χ1) is 23.0. The molecule has 0 rings (SSSR count). The number of hydrogen-bond donors (Lipinski definition) is 0. The Kier molecular flexibility index (Phi) is 35.1. The van der Waals surface area contributed by atoms with Crippen molar-refractivity contribution in [3.05, 3.63) is 24.3 Å². The van der Waals surface area contributed by atoms with Crippen LogP contribution in [0.5, 0.6) is 0 Å². The third-order valence-corrected chi connectivity index (χ3v) is 8.41. The molecule has 0 heterocycles. The number of rotatable bonds is 35. The van der Waals surface area contributed by atoms with Crippen LogP contribution in [0.1, 0.15) is 201 Å². The molecular weight excluding hydrogens is 588 g/mol. The highest BCUT2D eigenvalue weighted by molar-refractivity contribution is 5.71. The fraction of sp³-hybridized carbons (Fsp3) is 0.829. The highest BCUT2D eigenvalue weighted by atomic mass is 16.6. The summed E-state index contributed by atoms with van der Waals surface area (Å²) in [6.45, 7) is 6.47. The molecule has 0 spiro atoms. The first kappa shape index (κ1) is 44.9. The molecule has 0 bridgehead atoms. The highest BCUT2D eigenvalue weighted by Gasteiger charge is 2.19. The van der Waals surface area contributed by atoms with Gasteiger partial charge in [-0.1, -0.05) is 141 Å². The second-order valence-electron chi connectivity index (χ2n) is 13.2. The van der Waals surface area contributed by atoms with E-state index in [1.54, 1.807) is 0 Å². The largest absolute Gasteiger partial charge is 0.462 e. The van der Waals surface area contributed by atoms with Crippen LogP contribution < -0.4 is 0 Å². The summed E-state index contributed by atoms with van der Waals surface area (Å²) in [5.74, 6) is -0.907. The lowest BCUT2D eigenvalue weighted by Gasteiger charge is -2.18. The molecule has 0 aromatic rings. The number of hydrogen-bond acceptors (Lipinski definition) is 6. The van der Waals surface area contributed by atoms with Crippen LogP contribution in [-0.4, -0.2) is 37.2 Å². The lowest BCUT2D eigenvalue weighted by molar-refractivity contribution is -0.167. The van der Waals surface area contributed by atoms with Crippen molar-refractivity contribution in [1.82, 2.24) is 0 Å². The van der Waals surface area contributed by atoms with Crippen molar-refractivity contribution in [1.29, 1.82) is 0 Å². The molecule has 0 radical (unpaired) electrons. The van der Waals surface area contributed by atoms with Gasteiger partial charge in [0.05, 0.1) is 0 Å². The summed E-state index contributed by atoms with van der Waals surface area (Å²) in [6.07, 6.45) is 37.4. The van der Waals surface area contributed by atoms with Gasteiger partial charge in [0.15, 0.2) is 6.10 Å². The normalized spacial score (nSPS) is 12.1. The Hall–Kier alpha value is -2.11. The Labute approximate surface area is 290 Å². The van der Waals surface area contributed by atoms with Crippen molar-refractivity contribution in [2.75, 3.05) is 13.2 Å². The third kappa shape index (κ3) is 35.0. The molecule has 1 unspecified atom stereocenters. The van der Waals surface area contributed by atoms with Gasteiger partial charge in [0.1, 0.15) is 13.2 Å². The van der Waals surface area contributed by atoms with Crippen LogP contribution >= 0.6 is 0 Å². The molecule has 6 nitrogen and oxygen atoms in total. The van der Waals surface area contributed by atoms with E-state index in [-0.39, 0.29) is 31.1 Å². The van der Waals surface area contributed by atoms with Crippen molar-refractivity contribution in [2.45, 2.75) is 207 Å². The van der Waals surface area contributed by atoms with Gasteiger partial charge in [-0.3, -0.25) is 14.4 Å². The Morgan fingerprint density at radius 1 is 0.404 bits per heavy atom. The Morgan fingerprint density at radius 2 is 0.745 bits per heavy atom. The predicted octanol–water partition coefficient (Wildman–Crippen LogP) is 12.1. The number of ether oxygens (including phenoxy) is 3. The van der Waals surface area contributed by atoms with Gasteiger partial charge in [-0.2, -0.15) is 0 Å². The van der Waals surface area contributed by atoms with Gasteiger partial charge in [-0.15, -0.1) is 0 Å². The second-order valence-corrected chi connectivity index (χ2v) is 13.2. The molecule has 0 fully saturated rings. The van der Waals surface area contributed by atoms with E-state index in [0.29, 0.717) is 19.3 Å². The molecule has 0 saturated heterocycles. The van der Waals surface area contributed by atoms with Gasteiger partial charge in [-0.25, -0.2) is 0 Å². The van der Waals surface area contributed by atoms with Crippen molar-refractivity contribution < 1.29 is 28.6 Å². The minimum Gasteiger partial charge on any atom is -0.462 e. The van der Waals surface area contributed by atoms with Gasteiger partial charge in [0.2, 0.25) is 0 Å². The van der Waals surface area contributed by atoms with Gasteiger partial charge in [0.25, 0.3) is 0 Å². The molecule has 0 aromatic carbocycles. The summed E-state index contributed by atoms with van der Waals surface area (Å²) in [5.41, 5.74) is 0. The second kappa shape index (κ2) is 36.7.